The van der Waals surface area contributed by atoms with E-state index in [4.69, 9.17) is 0 Å². The number of hydrogen-bond donors (Lipinski definition) is 0. The third-order valence-corrected chi connectivity index (χ3v) is 18.0. The van der Waals surface area contributed by atoms with Gasteiger partial charge in [0.25, 0.3) is 0 Å². The van der Waals surface area contributed by atoms with Crippen LogP contribution in [0.15, 0.2) is 394 Å². The largest absolute Gasteiger partial charge is 0.344 e. The number of pyridine rings is 1. The zero-order chi connectivity index (χ0) is 74.9. The van der Waals surface area contributed by atoms with Crippen molar-refractivity contribution in [1.82, 2.24) is 44.4 Å². The van der Waals surface area contributed by atoms with Crippen molar-refractivity contribution in [3.63, 3.8) is 0 Å². The molecule has 0 aliphatic carbocycles. The average molecular weight is 1410 g/mol. The Kier molecular flexibility index (Phi) is 24.6. The van der Waals surface area contributed by atoms with Crippen LogP contribution in [0.5, 0.6) is 0 Å². The smallest absolute Gasteiger partial charge is 0.163 e. The molecule has 0 radical (unpaired) electrons. The van der Waals surface area contributed by atoms with Crippen LogP contribution in [0.4, 0.5) is 0 Å². The second-order valence-corrected chi connectivity index (χ2v) is 26.2. The fourth-order valence-corrected chi connectivity index (χ4v) is 12.8. The zero-order valence-corrected chi connectivity index (χ0v) is 62.1. The summed E-state index contributed by atoms with van der Waals surface area (Å²) in [4.78, 5) is 36.2. The molecule has 0 spiro atoms. The number of rotatable bonds is 10. The molecule has 0 aliphatic heterocycles. The van der Waals surface area contributed by atoms with Gasteiger partial charge in [-0.3, -0.25) is 4.98 Å². The molecule has 9 nitrogen and oxygen atoms in total. The SMILES string of the molecule is Cc1cc(-c2ccccc2)cc(-c2ccccc2)c1.Cc1cc(-c2ccccc2)cc(-c2ccccc2)n1.Cc1cc(-c2ccccc2)nc(-c2ccccc2)n1.Cc1nc(-c2ccccc2)cc(-c2ccccc2)n1.Cc1nc(-c2ccccc2)nc(-c2ccccc2)n1.Cn1c2ccccc2c2ccccc21. The van der Waals surface area contributed by atoms with E-state index in [1.54, 1.807) is 0 Å². The molecule has 13 aromatic carbocycles. The molecule has 528 valence electrons. The van der Waals surface area contributed by atoms with E-state index in [2.05, 4.69) is 271 Å². The maximum absolute atomic E-state index is 4.66. The number of aryl methyl sites for hydroxylation is 6. The molecule has 0 unspecified atom stereocenters. The summed E-state index contributed by atoms with van der Waals surface area (Å²) in [7, 11) is 2.12. The minimum atomic E-state index is 0.715. The molecule has 0 N–H and O–H groups in total. The number of fused-ring (bicyclic) bond motifs is 3. The van der Waals surface area contributed by atoms with Crippen LogP contribution >= 0.6 is 0 Å². The van der Waals surface area contributed by atoms with E-state index in [0.29, 0.717) is 11.6 Å². The molecule has 0 saturated heterocycles. The predicted octanol–water partition coefficient (Wildman–Crippen LogP) is 25.1. The van der Waals surface area contributed by atoms with Gasteiger partial charge in [0, 0.05) is 79.2 Å². The van der Waals surface area contributed by atoms with Crippen molar-refractivity contribution in [2.45, 2.75) is 34.6 Å². The minimum Gasteiger partial charge on any atom is -0.344 e. The number of benzene rings is 13. The minimum absolute atomic E-state index is 0.715. The number of aromatic nitrogens is 9. The highest BCUT2D eigenvalue weighted by Gasteiger charge is 2.12. The molecule has 0 fully saturated rings. The lowest BCUT2D eigenvalue weighted by Crippen LogP contribution is -1.99. The van der Waals surface area contributed by atoms with Crippen molar-refractivity contribution >= 4 is 21.8 Å². The molecule has 109 heavy (non-hydrogen) atoms. The van der Waals surface area contributed by atoms with Gasteiger partial charge in [0.15, 0.2) is 17.5 Å². The van der Waals surface area contributed by atoms with Gasteiger partial charge in [-0.25, -0.2) is 34.9 Å². The maximum Gasteiger partial charge on any atom is 0.163 e. The van der Waals surface area contributed by atoms with Gasteiger partial charge >= 0.3 is 0 Å². The Hall–Kier alpha value is -14.0. The normalized spacial score (nSPS) is 10.5. The van der Waals surface area contributed by atoms with Gasteiger partial charge in [-0.05, 0) is 116 Å². The highest BCUT2D eigenvalue weighted by atomic mass is 15.0. The van der Waals surface area contributed by atoms with Gasteiger partial charge in [-0.1, -0.05) is 352 Å². The van der Waals surface area contributed by atoms with Crippen molar-refractivity contribution < 1.29 is 0 Å². The summed E-state index contributed by atoms with van der Waals surface area (Å²) in [6.07, 6.45) is 0. The first-order valence-corrected chi connectivity index (χ1v) is 36.5. The fourth-order valence-electron chi connectivity index (χ4n) is 12.8. The van der Waals surface area contributed by atoms with Crippen LogP contribution in [-0.2, 0) is 7.05 Å². The summed E-state index contributed by atoms with van der Waals surface area (Å²) < 4.78 is 2.24. The summed E-state index contributed by atoms with van der Waals surface area (Å²) in [6, 6.07) is 134. The van der Waals surface area contributed by atoms with Crippen LogP contribution < -0.4 is 0 Å². The lowest BCUT2D eigenvalue weighted by Gasteiger charge is -2.08. The zero-order valence-electron chi connectivity index (χ0n) is 62.1. The van der Waals surface area contributed by atoms with Crippen LogP contribution in [0, 0.1) is 34.6 Å². The van der Waals surface area contributed by atoms with Gasteiger partial charge in [0.2, 0.25) is 0 Å². The molecular weight excluding hydrogens is 1330 g/mol. The third kappa shape index (κ3) is 19.9. The second kappa shape index (κ2) is 36.6. The summed E-state index contributed by atoms with van der Waals surface area (Å²) in [5.41, 5.74) is 24.9. The van der Waals surface area contributed by atoms with Gasteiger partial charge < -0.3 is 4.57 Å². The molecular formula is C100H83N9. The molecule has 0 bridgehead atoms. The third-order valence-electron chi connectivity index (χ3n) is 18.0. The van der Waals surface area contributed by atoms with Gasteiger partial charge in [0.1, 0.15) is 11.6 Å². The standard InChI is InChI=1S/C19H16.C18H15N.2C17H14N2.C16H13N3.C13H11N/c1-15-12-18(16-8-4-2-5-9-16)14-19(13-15)17-10-6-3-7-11-17;1-14-12-17(15-8-4-2-5-9-15)13-18(19-14)16-10-6-3-7-11-16;1-13-18-16(14-8-4-2-5-9-14)12-17(19-13)15-10-6-3-7-11-15;1-13-12-16(14-8-4-2-5-9-14)19-17(18-13)15-10-6-3-7-11-15;1-12-17-15(13-8-4-2-5-9-13)19-16(18-12)14-10-6-3-7-11-14;1-14-12-8-4-2-6-10(12)11-7-3-5-9-13(11)14/h2-14H,1H3;2-13H,1H3;2*2-12H,1H3;2-11H,1H3;2-9H,1H3. The Balaban J connectivity index is 0.000000115. The van der Waals surface area contributed by atoms with Crippen LogP contribution in [0.2, 0.25) is 0 Å². The van der Waals surface area contributed by atoms with E-state index in [9.17, 15) is 0 Å². The number of para-hydroxylation sites is 2. The van der Waals surface area contributed by atoms with E-state index in [1.807, 2.05) is 210 Å². The van der Waals surface area contributed by atoms with Crippen molar-refractivity contribution in [2.24, 2.45) is 7.05 Å². The highest BCUT2D eigenvalue weighted by molar-refractivity contribution is 6.07. The van der Waals surface area contributed by atoms with Gasteiger partial charge in [-0.15, -0.1) is 0 Å². The van der Waals surface area contributed by atoms with Gasteiger partial charge in [-0.2, -0.15) is 0 Å². The number of nitrogens with zero attached hydrogens (tertiary/aromatic N) is 9. The van der Waals surface area contributed by atoms with Crippen LogP contribution in [0.3, 0.4) is 0 Å². The van der Waals surface area contributed by atoms with Crippen molar-refractivity contribution in [2.75, 3.05) is 0 Å². The van der Waals surface area contributed by atoms with Crippen molar-refractivity contribution in [3.05, 3.63) is 423 Å². The van der Waals surface area contributed by atoms with Crippen molar-refractivity contribution in [3.8, 4) is 113 Å². The lowest BCUT2D eigenvalue weighted by molar-refractivity contribution is 0.992. The Labute approximate surface area is 639 Å². The van der Waals surface area contributed by atoms with E-state index in [-0.39, 0.29) is 0 Å². The Bertz CT molecular complexity index is 4810. The molecule has 5 heterocycles. The lowest BCUT2D eigenvalue weighted by atomic mass is 9.97. The first-order chi connectivity index (χ1) is 53.5. The Morgan fingerprint density at radius 3 is 0.807 bits per heavy atom. The van der Waals surface area contributed by atoms with Gasteiger partial charge in [0.05, 0.1) is 22.8 Å². The van der Waals surface area contributed by atoms with Crippen LogP contribution in [0.25, 0.3) is 134 Å². The molecule has 5 aromatic heterocycles. The molecule has 9 heteroatoms. The molecule has 0 aliphatic rings. The fraction of sp³-hybridized carbons (Fsp3) is 0.0600. The first kappa shape index (κ1) is 73.3. The summed E-state index contributed by atoms with van der Waals surface area (Å²) in [6.45, 7) is 10.0. The van der Waals surface area contributed by atoms with Crippen molar-refractivity contribution in [1.29, 1.82) is 0 Å². The molecule has 0 amide bonds. The summed E-state index contributed by atoms with van der Waals surface area (Å²) >= 11 is 0. The Morgan fingerprint density at radius 2 is 0.450 bits per heavy atom. The highest BCUT2D eigenvalue weighted by Crippen LogP contribution is 2.32. The monoisotopic (exact) mass is 1410 g/mol. The summed E-state index contributed by atoms with van der Waals surface area (Å²) in [5.74, 6) is 3.73. The quantitative estimate of drug-likeness (QED) is 0.133. The predicted molar refractivity (Wildman–Crippen MR) is 453 cm³/mol. The first-order valence-electron chi connectivity index (χ1n) is 36.5. The van der Waals surface area contributed by atoms with E-state index in [1.165, 1.54) is 60.8 Å². The van der Waals surface area contributed by atoms with Crippen LogP contribution in [-0.4, -0.2) is 44.4 Å². The second-order valence-electron chi connectivity index (χ2n) is 26.2. The number of hydrogen-bond acceptors (Lipinski definition) is 8. The van der Waals surface area contributed by atoms with E-state index >= 15 is 0 Å². The maximum atomic E-state index is 4.66. The van der Waals surface area contributed by atoms with Crippen LogP contribution in [0.1, 0.15) is 28.6 Å². The average Bonchev–Trinajstić information content (AvgIpc) is 1.57. The molecule has 0 atom stereocenters. The molecule has 18 aromatic rings. The topological polar surface area (TPSA) is 108 Å². The summed E-state index contributed by atoms with van der Waals surface area (Å²) in [5, 5.41) is 2.68. The van der Waals surface area contributed by atoms with E-state index < -0.39 is 0 Å². The molecule has 18 rings (SSSR count). The molecule has 0 saturated carbocycles. The Morgan fingerprint density at radius 1 is 0.183 bits per heavy atom. The van der Waals surface area contributed by atoms with E-state index in [0.717, 1.165) is 90.6 Å².